The second-order valence-corrected chi connectivity index (χ2v) is 6.33. The molecular formula is C18H23NO3. The molecule has 4 heteroatoms. The summed E-state index contributed by atoms with van der Waals surface area (Å²) in [6.45, 7) is 3.13. The summed E-state index contributed by atoms with van der Waals surface area (Å²) in [4.78, 5) is 26.4. The Morgan fingerprint density at radius 2 is 1.82 bits per heavy atom. The van der Waals surface area contributed by atoms with E-state index in [0.717, 1.165) is 19.4 Å². The maximum Gasteiger partial charge on any atom is 0.309 e. The maximum atomic E-state index is 12.1. The molecule has 4 nitrogen and oxygen atoms in total. The lowest BCUT2D eigenvalue weighted by Gasteiger charge is -2.47. The van der Waals surface area contributed by atoms with Gasteiger partial charge in [0.1, 0.15) is 5.78 Å². The molecule has 2 aliphatic heterocycles. The van der Waals surface area contributed by atoms with E-state index in [0.29, 0.717) is 25.2 Å². The SMILES string of the molecule is CCOC(=O)C1CC2CC(=O)CC(C1)N2Cc1ccccc1. The maximum absolute atomic E-state index is 12.1. The minimum Gasteiger partial charge on any atom is -0.466 e. The third-order valence-corrected chi connectivity index (χ3v) is 4.81. The molecular weight excluding hydrogens is 278 g/mol. The van der Waals surface area contributed by atoms with Crippen molar-refractivity contribution in [3.05, 3.63) is 35.9 Å². The molecule has 118 valence electrons. The highest BCUT2D eigenvalue weighted by atomic mass is 16.5. The molecule has 0 radical (unpaired) electrons. The summed E-state index contributed by atoms with van der Waals surface area (Å²) in [6.07, 6.45) is 2.63. The lowest BCUT2D eigenvalue weighted by atomic mass is 9.77. The molecule has 2 bridgehead atoms. The van der Waals surface area contributed by atoms with Crippen LogP contribution in [-0.4, -0.2) is 35.3 Å². The van der Waals surface area contributed by atoms with Crippen molar-refractivity contribution in [3.63, 3.8) is 0 Å². The third kappa shape index (κ3) is 3.22. The van der Waals surface area contributed by atoms with Crippen molar-refractivity contribution < 1.29 is 14.3 Å². The van der Waals surface area contributed by atoms with Crippen LogP contribution in [0, 0.1) is 5.92 Å². The summed E-state index contributed by atoms with van der Waals surface area (Å²) in [5.74, 6) is 0.197. The summed E-state index contributed by atoms with van der Waals surface area (Å²) >= 11 is 0. The number of hydrogen-bond acceptors (Lipinski definition) is 4. The Bertz CT molecular complexity index is 525. The zero-order chi connectivity index (χ0) is 15.5. The van der Waals surface area contributed by atoms with Crippen LogP contribution in [0.2, 0.25) is 0 Å². The summed E-state index contributed by atoms with van der Waals surface area (Å²) in [6, 6.07) is 10.7. The van der Waals surface area contributed by atoms with E-state index in [-0.39, 0.29) is 24.0 Å². The fourth-order valence-corrected chi connectivity index (χ4v) is 3.84. The zero-order valence-corrected chi connectivity index (χ0v) is 13.0. The van der Waals surface area contributed by atoms with Crippen molar-refractivity contribution in [3.8, 4) is 0 Å². The van der Waals surface area contributed by atoms with E-state index in [9.17, 15) is 9.59 Å². The van der Waals surface area contributed by atoms with E-state index in [4.69, 9.17) is 4.74 Å². The molecule has 2 saturated heterocycles. The summed E-state index contributed by atoms with van der Waals surface area (Å²) < 4.78 is 5.18. The van der Waals surface area contributed by atoms with Crippen molar-refractivity contribution >= 4 is 11.8 Å². The van der Waals surface area contributed by atoms with Gasteiger partial charge >= 0.3 is 5.97 Å². The van der Waals surface area contributed by atoms with Gasteiger partial charge in [-0.1, -0.05) is 30.3 Å². The number of carbonyl (C=O) groups is 2. The van der Waals surface area contributed by atoms with Gasteiger partial charge in [-0.2, -0.15) is 0 Å². The fourth-order valence-electron chi connectivity index (χ4n) is 3.84. The van der Waals surface area contributed by atoms with Gasteiger partial charge in [0.15, 0.2) is 0 Å². The van der Waals surface area contributed by atoms with Gasteiger partial charge in [0.2, 0.25) is 0 Å². The topological polar surface area (TPSA) is 46.6 Å². The van der Waals surface area contributed by atoms with Crippen LogP contribution in [0.25, 0.3) is 0 Å². The van der Waals surface area contributed by atoms with E-state index in [2.05, 4.69) is 17.0 Å². The summed E-state index contributed by atoms with van der Waals surface area (Å²) in [5.41, 5.74) is 1.27. The van der Waals surface area contributed by atoms with Crippen LogP contribution in [0.3, 0.4) is 0 Å². The first-order valence-corrected chi connectivity index (χ1v) is 8.15. The first-order valence-electron chi connectivity index (χ1n) is 8.15. The van der Waals surface area contributed by atoms with Crippen molar-refractivity contribution in [2.75, 3.05) is 6.61 Å². The molecule has 2 heterocycles. The van der Waals surface area contributed by atoms with E-state index in [1.807, 2.05) is 25.1 Å². The number of benzene rings is 1. The predicted molar refractivity (Wildman–Crippen MR) is 83.2 cm³/mol. The van der Waals surface area contributed by atoms with E-state index >= 15 is 0 Å². The van der Waals surface area contributed by atoms with Gasteiger partial charge in [0.05, 0.1) is 12.5 Å². The minimum atomic E-state index is -0.0915. The highest BCUT2D eigenvalue weighted by molar-refractivity contribution is 5.81. The van der Waals surface area contributed by atoms with Gasteiger partial charge in [-0.25, -0.2) is 0 Å². The van der Waals surface area contributed by atoms with E-state index < -0.39 is 0 Å². The Kier molecular flexibility index (Phi) is 4.57. The predicted octanol–water partition coefficient (Wildman–Crippen LogP) is 2.56. The zero-order valence-electron chi connectivity index (χ0n) is 13.0. The number of ketones is 1. The van der Waals surface area contributed by atoms with Crippen molar-refractivity contribution in [1.29, 1.82) is 0 Å². The molecule has 0 amide bonds. The number of carbonyl (C=O) groups excluding carboxylic acids is 2. The van der Waals surface area contributed by atoms with Gasteiger partial charge in [0, 0.05) is 31.5 Å². The van der Waals surface area contributed by atoms with Crippen molar-refractivity contribution in [1.82, 2.24) is 4.90 Å². The van der Waals surface area contributed by atoms with Crippen LogP contribution in [0.5, 0.6) is 0 Å². The molecule has 1 aromatic carbocycles. The van der Waals surface area contributed by atoms with Gasteiger partial charge < -0.3 is 4.74 Å². The van der Waals surface area contributed by atoms with Crippen LogP contribution < -0.4 is 0 Å². The standard InChI is InChI=1S/C18H23NO3/c1-2-22-18(21)14-8-15-10-17(20)11-16(9-14)19(15)12-13-6-4-3-5-7-13/h3-7,14-16H,2,8-12H2,1H3. The average Bonchev–Trinajstić information content (AvgIpc) is 2.49. The summed E-state index contributed by atoms with van der Waals surface area (Å²) in [5, 5.41) is 0. The van der Waals surface area contributed by atoms with Crippen LogP contribution in [-0.2, 0) is 20.9 Å². The Labute approximate surface area is 131 Å². The van der Waals surface area contributed by atoms with Crippen molar-refractivity contribution in [2.45, 2.75) is 51.2 Å². The molecule has 0 aromatic heterocycles. The number of Topliss-reactive ketones (excluding diaryl/α,β-unsaturated/α-hetero) is 1. The normalized spacial score (nSPS) is 28.4. The van der Waals surface area contributed by atoms with Crippen LogP contribution in [0.1, 0.15) is 38.2 Å². The molecule has 0 N–H and O–H groups in total. The van der Waals surface area contributed by atoms with E-state index in [1.54, 1.807) is 0 Å². The number of ether oxygens (including phenoxy) is 1. The molecule has 0 spiro atoms. The monoisotopic (exact) mass is 301 g/mol. The number of esters is 1. The van der Waals surface area contributed by atoms with E-state index in [1.165, 1.54) is 5.56 Å². The molecule has 2 atom stereocenters. The Balaban J connectivity index is 1.73. The Morgan fingerprint density at radius 3 is 2.41 bits per heavy atom. The largest absolute Gasteiger partial charge is 0.466 e. The van der Waals surface area contributed by atoms with Crippen LogP contribution in [0.4, 0.5) is 0 Å². The molecule has 2 unspecified atom stereocenters. The molecule has 2 aliphatic rings. The smallest absolute Gasteiger partial charge is 0.309 e. The lowest BCUT2D eigenvalue weighted by molar-refractivity contribution is -0.154. The first-order chi connectivity index (χ1) is 10.7. The number of fused-ring (bicyclic) bond motifs is 2. The quantitative estimate of drug-likeness (QED) is 0.802. The van der Waals surface area contributed by atoms with Crippen molar-refractivity contribution in [2.24, 2.45) is 5.92 Å². The molecule has 0 aliphatic carbocycles. The number of hydrogen-bond donors (Lipinski definition) is 0. The van der Waals surface area contributed by atoms with Gasteiger partial charge in [-0.15, -0.1) is 0 Å². The van der Waals surface area contributed by atoms with Gasteiger partial charge in [0.25, 0.3) is 0 Å². The molecule has 3 rings (SSSR count). The Hall–Kier alpha value is -1.68. The van der Waals surface area contributed by atoms with Crippen LogP contribution >= 0.6 is 0 Å². The highest BCUT2D eigenvalue weighted by Gasteiger charge is 2.43. The lowest BCUT2D eigenvalue weighted by Crippen LogP contribution is -2.55. The minimum absolute atomic E-state index is 0.0462. The second-order valence-electron chi connectivity index (χ2n) is 6.33. The number of nitrogens with zero attached hydrogens (tertiary/aromatic N) is 1. The molecule has 22 heavy (non-hydrogen) atoms. The fraction of sp³-hybridized carbons (Fsp3) is 0.556. The van der Waals surface area contributed by atoms with Crippen LogP contribution in [0.15, 0.2) is 30.3 Å². The average molecular weight is 301 g/mol. The summed E-state index contributed by atoms with van der Waals surface area (Å²) in [7, 11) is 0. The first kappa shape index (κ1) is 15.2. The Morgan fingerprint density at radius 1 is 1.18 bits per heavy atom. The number of rotatable bonds is 4. The highest BCUT2D eigenvalue weighted by Crippen LogP contribution is 2.37. The molecule has 1 aromatic rings. The number of piperidine rings is 2. The molecule has 0 saturated carbocycles. The third-order valence-electron chi connectivity index (χ3n) is 4.81. The van der Waals surface area contributed by atoms with Gasteiger partial charge in [-0.05, 0) is 25.3 Å². The second kappa shape index (κ2) is 6.61. The van der Waals surface area contributed by atoms with Gasteiger partial charge in [-0.3, -0.25) is 14.5 Å². The molecule has 2 fully saturated rings.